The number of hydrogen-bond donors (Lipinski definition) is 0. The van der Waals surface area contributed by atoms with Gasteiger partial charge in [-0.1, -0.05) is 0 Å². The van der Waals surface area contributed by atoms with Crippen LogP contribution in [0.1, 0.15) is 5.56 Å². The van der Waals surface area contributed by atoms with Crippen molar-refractivity contribution in [2.24, 2.45) is 0 Å². The molecule has 68 valence electrons. The molecule has 0 amide bonds. The first-order chi connectivity index (χ1) is 6.84. The maximum absolute atomic E-state index is 4.18. The molecule has 0 aliphatic heterocycles. The standard InChI is InChI=1S/C12H9NSe/c1-8-2-3-9-10-4-5-13-7-12(10)14-11(9)6-8/h2-7H,1H3. The first-order valence-electron chi connectivity index (χ1n) is 4.57. The van der Waals surface area contributed by atoms with Crippen LogP contribution in [0.4, 0.5) is 0 Å². The molecule has 0 radical (unpaired) electrons. The summed E-state index contributed by atoms with van der Waals surface area (Å²) < 4.78 is 2.92. The summed E-state index contributed by atoms with van der Waals surface area (Å²) >= 11 is 0.463. The topological polar surface area (TPSA) is 12.9 Å². The summed E-state index contributed by atoms with van der Waals surface area (Å²) in [7, 11) is 0. The summed E-state index contributed by atoms with van der Waals surface area (Å²) in [6.07, 6.45) is 3.88. The Bertz CT molecular complexity index is 610. The van der Waals surface area contributed by atoms with Crippen molar-refractivity contribution in [3.05, 3.63) is 42.2 Å². The number of pyridine rings is 1. The third-order valence-corrected chi connectivity index (χ3v) is 4.75. The summed E-state index contributed by atoms with van der Waals surface area (Å²) in [5, 5.41) is 2.79. The van der Waals surface area contributed by atoms with Crippen LogP contribution in [-0.2, 0) is 0 Å². The number of hydrogen-bond acceptors (Lipinski definition) is 1. The predicted molar refractivity (Wildman–Crippen MR) is 60.9 cm³/mol. The molecule has 2 heteroatoms. The van der Waals surface area contributed by atoms with E-state index in [4.69, 9.17) is 0 Å². The fourth-order valence-corrected chi connectivity index (χ4v) is 4.20. The van der Waals surface area contributed by atoms with Gasteiger partial charge in [0.15, 0.2) is 0 Å². The molecule has 0 bridgehead atoms. The average Bonchev–Trinajstić information content (AvgIpc) is 2.54. The van der Waals surface area contributed by atoms with Crippen molar-refractivity contribution in [3.8, 4) is 0 Å². The molecule has 2 aromatic heterocycles. The van der Waals surface area contributed by atoms with E-state index < -0.39 is 0 Å². The zero-order valence-electron chi connectivity index (χ0n) is 7.82. The Kier molecular flexibility index (Phi) is 1.73. The molecule has 0 saturated carbocycles. The monoisotopic (exact) mass is 247 g/mol. The summed E-state index contributed by atoms with van der Waals surface area (Å²) in [6, 6.07) is 8.84. The minimum absolute atomic E-state index is 0.463. The van der Waals surface area contributed by atoms with Gasteiger partial charge in [-0.3, -0.25) is 0 Å². The summed E-state index contributed by atoms with van der Waals surface area (Å²) in [5.74, 6) is 0. The summed E-state index contributed by atoms with van der Waals surface area (Å²) in [5.41, 5.74) is 1.35. The van der Waals surface area contributed by atoms with Crippen molar-refractivity contribution >= 4 is 33.8 Å². The Hall–Kier alpha value is -1.11. The number of fused-ring (bicyclic) bond motifs is 3. The molecule has 0 saturated heterocycles. The van der Waals surface area contributed by atoms with Gasteiger partial charge in [-0.25, -0.2) is 0 Å². The minimum atomic E-state index is 0.463. The van der Waals surface area contributed by atoms with Crippen LogP contribution in [0.25, 0.3) is 19.3 Å². The van der Waals surface area contributed by atoms with Crippen LogP contribution in [0.5, 0.6) is 0 Å². The molecule has 0 spiro atoms. The van der Waals surface area contributed by atoms with Crippen molar-refractivity contribution in [3.63, 3.8) is 0 Å². The van der Waals surface area contributed by atoms with Crippen molar-refractivity contribution in [1.82, 2.24) is 4.98 Å². The van der Waals surface area contributed by atoms with E-state index >= 15 is 0 Å². The van der Waals surface area contributed by atoms with Gasteiger partial charge in [0.2, 0.25) is 0 Å². The first kappa shape index (κ1) is 8.22. The van der Waals surface area contributed by atoms with Crippen LogP contribution in [-0.4, -0.2) is 19.5 Å². The van der Waals surface area contributed by atoms with E-state index in [1.807, 2.05) is 12.4 Å². The van der Waals surface area contributed by atoms with E-state index in [2.05, 4.69) is 36.2 Å². The molecule has 0 atom stereocenters. The molecular formula is C12H9NSe. The van der Waals surface area contributed by atoms with Crippen LogP contribution in [0.3, 0.4) is 0 Å². The Morgan fingerprint density at radius 2 is 1.93 bits per heavy atom. The van der Waals surface area contributed by atoms with Crippen LogP contribution >= 0.6 is 0 Å². The predicted octanol–water partition coefficient (Wildman–Crippen LogP) is 2.75. The second-order valence-corrected chi connectivity index (χ2v) is 5.75. The second-order valence-electron chi connectivity index (χ2n) is 3.47. The number of rotatable bonds is 0. The van der Waals surface area contributed by atoms with Gasteiger partial charge < -0.3 is 0 Å². The molecule has 3 rings (SSSR count). The van der Waals surface area contributed by atoms with E-state index in [9.17, 15) is 0 Å². The number of aromatic nitrogens is 1. The molecule has 1 aromatic carbocycles. The van der Waals surface area contributed by atoms with Gasteiger partial charge in [-0.2, -0.15) is 0 Å². The maximum atomic E-state index is 4.18. The van der Waals surface area contributed by atoms with Gasteiger partial charge in [-0.05, 0) is 0 Å². The molecule has 0 unspecified atom stereocenters. The zero-order valence-corrected chi connectivity index (χ0v) is 9.53. The molecule has 3 aromatic rings. The number of aryl methyl sites for hydroxylation is 1. The van der Waals surface area contributed by atoms with Crippen LogP contribution in [0.2, 0.25) is 0 Å². The normalized spacial score (nSPS) is 11.2. The molecule has 1 nitrogen and oxygen atoms in total. The number of benzene rings is 1. The molecule has 2 heterocycles. The molecule has 0 aliphatic carbocycles. The Labute approximate surface area is 88.1 Å². The number of nitrogens with zero attached hydrogens (tertiary/aromatic N) is 1. The van der Waals surface area contributed by atoms with Gasteiger partial charge in [-0.15, -0.1) is 0 Å². The van der Waals surface area contributed by atoms with Crippen molar-refractivity contribution in [2.45, 2.75) is 6.92 Å². The summed E-state index contributed by atoms with van der Waals surface area (Å²) in [4.78, 5) is 4.18. The van der Waals surface area contributed by atoms with Gasteiger partial charge in [0.25, 0.3) is 0 Å². The second kappa shape index (κ2) is 2.94. The fourth-order valence-electron chi connectivity index (χ4n) is 1.74. The molecule has 14 heavy (non-hydrogen) atoms. The Morgan fingerprint density at radius 1 is 1.07 bits per heavy atom. The molecule has 0 aliphatic rings. The van der Waals surface area contributed by atoms with Gasteiger partial charge >= 0.3 is 87.9 Å². The third kappa shape index (κ3) is 1.12. The first-order valence-corrected chi connectivity index (χ1v) is 6.29. The van der Waals surface area contributed by atoms with Crippen LogP contribution < -0.4 is 0 Å². The van der Waals surface area contributed by atoms with Crippen LogP contribution in [0, 0.1) is 6.92 Å². The van der Waals surface area contributed by atoms with Gasteiger partial charge in [0.1, 0.15) is 0 Å². The van der Waals surface area contributed by atoms with Crippen LogP contribution in [0.15, 0.2) is 36.7 Å². The van der Waals surface area contributed by atoms with E-state index in [0.717, 1.165) is 0 Å². The Balaban J connectivity index is 2.57. The molecular weight excluding hydrogens is 237 g/mol. The van der Waals surface area contributed by atoms with E-state index in [0.29, 0.717) is 14.5 Å². The quantitative estimate of drug-likeness (QED) is 0.556. The van der Waals surface area contributed by atoms with E-state index in [1.165, 1.54) is 24.9 Å². The van der Waals surface area contributed by atoms with Crippen molar-refractivity contribution in [2.75, 3.05) is 0 Å². The summed E-state index contributed by atoms with van der Waals surface area (Å²) in [6.45, 7) is 2.15. The Morgan fingerprint density at radius 3 is 2.86 bits per heavy atom. The molecule has 0 fully saturated rings. The van der Waals surface area contributed by atoms with Crippen molar-refractivity contribution in [1.29, 1.82) is 0 Å². The van der Waals surface area contributed by atoms with Gasteiger partial charge in [0, 0.05) is 0 Å². The zero-order chi connectivity index (χ0) is 9.54. The third-order valence-electron chi connectivity index (χ3n) is 2.43. The van der Waals surface area contributed by atoms with E-state index in [-0.39, 0.29) is 0 Å². The fraction of sp³-hybridized carbons (Fsp3) is 0.0833. The van der Waals surface area contributed by atoms with Crippen molar-refractivity contribution < 1.29 is 0 Å². The SMILES string of the molecule is Cc1ccc2c(c1)[se]c1cnccc12. The van der Waals surface area contributed by atoms with E-state index in [1.54, 1.807) is 0 Å². The average molecular weight is 246 g/mol. The molecule has 0 N–H and O–H groups in total. The van der Waals surface area contributed by atoms with Gasteiger partial charge in [0.05, 0.1) is 0 Å².